The molecule has 126 valence electrons. The molecule has 5 heteroatoms. The summed E-state index contributed by atoms with van der Waals surface area (Å²) >= 11 is 2.22. The Morgan fingerprint density at radius 1 is 0.800 bits per heavy atom. The van der Waals surface area contributed by atoms with Crippen molar-refractivity contribution in [2.45, 2.75) is 0 Å². The Hall–Kier alpha value is -2.54. The fraction of sp³-hybridized carbons (Fsp3) is 0.0500. The van der Waals surface area contributed by atoms with Crippen molar-refractivity contribution in [3.8, 4) is 17.2 Å². The van der Waals surface area contributed by atoms with Gasteiger partial charge in [0.1, 0.15) is 17.2 Å². The van der Waals surface area contributed by atoms with E-state index in [1.807, 2.05) is 48.5 Å². The molecule has 0 aromatic heterocycles. The van der Waals surface area contributed by atoms with Gasteiger partial charge in [-0.3, -0.25) is 4.79 Å². The summed E-state index contributed by atoms with van der Waals surface area (Å²) in [6, 6.07) is 22.0. The molecule has 0 aliphatic rings. The summed E-state index contributed by atoms with van der Waals surface area (Å²) in [5.41, 5.74) is 1.34. The van der Waals surface area contributed by atoms with E-state index < -0.39 is 0 Å². The summed E-state index contributed by atoms with van der Waals surface area (Å²) in [6.07, 6.45) is 0. The first kappa shape index (κ1) is 17.3. The number of rotatable bonds is 5. The van der Waals surface area contributed by atoms with Gasteiger partial charge in [0.05, 0.1) is 7.11 Å². The predicted octanol–water partition coefficient (Wildman–Crippen LogP) is 5.34. The highest BCUT2D eigenvalue weighted by Crippen LogP contribution is 2.24. The van der Waals surface area contributed by atoms with E-state index in [1.165, 1.54) is 0 Å². The number of anilines is 1. The minimum Gasteiger partial charge on any atom is -0.497 e. The molecule has 0 spiro atoms. The zero-order valence-corrected chi connectivity index (χ0v) is 15.7. The lowest BCUT2D eigenvalue weighted by Crippen LogP contribution is -2.11. The zero-order valence-electron chi connectivity index (χ0n) is 13.5. The van der Waals surface area contributed by atoms with Crippen molar-refractivity contribution in [1.29, 1.82) is 0 Å². The summed E-state index contributed by atoms with van der Waals surface area (Å²) in [5.74, 6) is 1.99. The van der Waals surface area contributed by atoms with E-state index in [9.17, 15) is 4.79 Å². The number of benzene rings is 3. The van der Waals surface area contributed by atoms with Crippen LogP contribution < -0.4 is 14.8 Å². The van der Waals surface area contributed by atoms with Gasteiger partial charge in [-0.05, 0) is 95.4 Å². The minimum atomic E-state index is -0.155. The van der Waals surface area contributed by atoms with Crippen LogP contribution in [0.4, 0.5) is 5.69 Å². The third-order valence-corrected chi connectivity index (χ3v) is 4.23. The highest BCUT2D eigenvalue weighted by atomic mass is 127. The maximum atomic E-state index is 12.3. The molecule has 0 saturated heterocycles. The third-order valence-electron chi connectivity index (χ3n) is 3.51. The monoisotopic (exact) mass is 445 g/mol. The van der Waals surface area contributed by atoms with Crippen molar-refractivity contribution in [3.63, 3.8) is 0 Å². The van der Waals surface area contributed by atoms with E-state index >= 15 is 0 Å². The second-order valence-electron chi connectivity index (χ2n) is 5.26. The lowest BCUT2D eigenvalue weighted by atomic mass is 10.2. The van der Waals surface area contributed by atoms with E-state index in [1.54, 1.807) is 31.4 Å². The highest BCUT2D eigenvalue weighted by molar-refractivity contribution is 14.1. The smallest absolute Gasteiger partial charge is 0.255 e. The van der Waals surface area contributed by atoms with Gasteiger partial charge >= 0.3 is 0 Å². The summed E-state index contributed by atoms with van der Waals surface area (Å²) in [6.45, 7) is 0. The Balaban J connectivity index is 1.64. The standard InChI is InChI=1S/C20H16INO3/c1-24-17-10-12-19(13-11-17)25-18-8-2-14(3-9-18)20(23)22-16-6-4-15(21)5-7-16/h2-13H,1H3,(H,22,23). The van der Waals surface area contributed by atoms with Crippen LogP contribution in [0.15, 0.2) is 72.8 Å². The van der Waals surface area contributed by atoms with Crippen LogP contribution in [0.3, 0.4) is 0 Å². The maximum Gasteiger partial charge on any atom is 0.255 e. The van der Waals surface area contributed by atoms with Crippen molar-refractivity contribution in [2.24, 2.45) is 0 Å². The van der Waals surface area contributed by atoms with E-state index in [4.69, 9.17) is 9.47 Å². The largest absolute Gasteiger partial charge is 0.497 e. The summed E-state index contributed by atoms with van der Waals surface area (Å²) in [7, 11) is 1.62. The molecule has 3 aromatic rings. The average molecular weight is 445 g/mol. The number of carbonyl (C=O) groups is 1. The molecule has 0 heterocycles. The fourth-order valence-electron chi connectivity index (χ4n) is 2.19. The second-order valence-corrected chi connectivity index (χ2v) is 6.51. The predicted molar refractivity (Wildman–Crippen MR) is 107 cm³/mol. The van der Waals surface area contributed by atoms with Gasteiger partial charge < -0.3 is 14.8 Å². The van der Waals surface area contributed by atoms with Gasteiger partial charge in [-0.15, -0.1) is 0 Å². The van der Waals surface area contributed by atoms with Crippen LogP contribution in [-0.2, 0) is 0 Å². The number of amides is 1. The number of hydrogen-bond acceptors (Lipinski definition) is 3. The van der Waals surface area contributed by atoms with Gasteiger partial charge in [-0.25, -0.2) is 0 Å². The molecule has 0 bridgehead atoms. The molecule has 25 heavy (non-hydrogen) atoms. The lowest BCUT2D eigenvalue weighted by Gasteiger charge is -2.08. The summed E-state index contributed by atoms with van der Waals surface area (Å²) < 4.78 is 12.0. The Labute approximate surface area is 159 Å². The van der Waals surface area contributed by atoms with Crippen LogP contribution in [0.5, 0.6) is 17.2 Å². The quantitative estimate of drug-likeness (QED) is 0.540. The topological polar surface area (TPSA) is 47.6 Å². The molecule has 0 aliphatic heterocycles. The molecule has 3 aromatic carbocycles. The molecular formula is C20H16INO3. The normalized spacial score (nSPS) is 10.2. The molecule has 0 atom stereocenters. The van der Waals surface area contributed by atoms with Gasteiger partial charge in [0, 0.05) is 14.8 Å². The minimum absolute atomic E-state index is 0.155. The van der Waals surface area contributed by atoms with Gasteiger partial charge in [0.2, 0.25) is 0 Å². The van der Waals surface area contributed by atoms with Crippen LogP contribution in [0, 0.1) is 3.57 Å². The van der Waals surface area contributed by atoms with Crippen molar-refractivity contribution >= 4 is 34.2 Å². The second kappa shape index (κ2) is 8.02. The Kier molecular flexibility index (Phi) is 5.55. The Bertz CT molecular complexity index is 844. The van der Waals surface area contributed by atoms with E-state index in [0.29, 0.717) is 17.1 Å². The molecule has 4 nitrogen and oxygen atoms in total. The maximum absolute atomic E-state index is 12.3. The van der Waals surface area contributed by atoms with Gasteiger partial charge in [0.15, 0.2) is 0 Å². The van der Waals surface area contributed by atoms with Crippen molar-refractivity contribution in [3.05, 3.63) is 81.9 Å². The average Bonchev–Trinajstić information content (AvgIpc) is 2.65. The molecule has 0 unspecified atom stereocenters. The molecular weight excluding hydrogens is 429 g/mol. The van der Waals surface area contributed by atoms with Crippen LogP contribution in [0.1, 0.15) is 10.4 Å². The fourth-order valence-corrected chi connectivity index (χ4v) is 2.55. The SMILES string of the molecule is COc1ccc(Oc2ccc(C(=O)Nc3ccc(I)cc3)cc2)cc1. The lowest BCUT2D eigenvalue weighted by molar-refractivity contribution is 0.102. The van der Waals surface area contributed by atoms with Crippen molar-refractivity contribution in [1.82, 2.24) is 0 Å². The molecule has 1 N–H and O–H groups in total. The first-order valence-electron chi connectivity index (χ1n) is 7.63. The van der Waals surface area contributed by atoms with Gasteiger partial charge in [-0.1, -0.05) is 0 Å². The molecule has 3 rings (SSSR count). The number of methoxy groups -OCH3 is 1. The zero-order chi connectivity index (χ0) is 17.6. The van der Waals surface area contributed by atoms with Crippen molar-refractivity contribution < 1.29 is 14.3 Å². The number of carbonyl (C=O) groups excluding carboxylic acids is 1. The van der Waals surface area contributed by atoms with Gasteiger partial charge in [-0.2, -0.15) is 0 Å². The summed E-state index contributed by atoms with van der Waals surface area (Å²) in [5, 5.41) is 2.87. The number of nitrogens with one attached hydrogen (secondary N) is 1. The van der Waals surface area contributed by atoms with Crippen LogP contribution in [-0.4, -0.2) is 13.0 Å². The third kappa shape index (κ3) is 4.73. The van der Waals surface area contributed by atoms with Crippen molar-refractivity contribution in [2.75, 3.05) is 12.4 Å². The molecule has 0 fully saturated rings. The van der Waals surface area contributed by atoms with Gasteiger partial charge in [0.25, 0.3) is 5.91 Å². The van der Waals surface area contributed by atoms with Crippen LogP contribution in [0.25, 0.3) is 0 Å². The van der Waals surface area contributed by atoms with Crippen LogP contribution >= 0.6 is 22.6 Å². The first-order valence-corrected chi connectivity index (χ1v) is 8.71. The Morgan fingerprint density at radius 3 is 1.88 bits per heavy atom. The molecule has 0 radical (unpaired) electrons. The molecule has 0 aliphatic carbocycles. The summed E-state index contributed by atoms with van der Waals surface area (Å²) in [4.78, 5) is 12.3. The number of hydrogen-bond donors (Lipinski definition) is 1. The highest BCUT2D eigenvalue weighted by Gasteiger charge is 2.07. The first-order chi connectivity index (χ1) is 12.1. The number of halogens is 1. The molecule has 0 saturated carbocycles. The van der Waals surface area contributed by atoms with E-state index in [-0.39, 0.29) is 5.91 Å². The van der Waals surface area contributed by atoms with E-state index in [2.05, 4.69) is 27.9 Å². The van der Waals surface area contributed by atoms with E-state index in [0.717, 1.165) is 15.0 Å². The van der Waals surface area contributed by atoms with Crippen LogP contribution in [0.2, 0.25) is 0 Å². The number of ether oxygens (including phenoxy) is 2. The Morgan fingerprint density at radius 2 is 1.32 bits per heavy atom. The molecule has 1 amide bonds.